The third-order valence-electron chi connectivity index (χ3n) is 2.83. The molecule has 1 aromatic heterocycles. The number of pyridine rings is 1. The van der Waals surface area contributed by atoms with Crippen LogP contribution in [0.5, 0.6) is 0 Å². The van der Waals surface area contributed by atoms with E-state index in [1.54, 1.807) is 40.0 Å². The summed E-state index contributed by atoms with van der Waals surface area (Å²) in [5, 5.41) is 3.64. The van der Waals surface area contributed by atoms with E-state index in [1.807, 2.05) is 0 Å². The van der Waals surface area contributed by atoms with Gasteiger partial charge in [0, 0.05) is 11.9 Å². The number of anilines is 1. The number of carbonyl (C=O) groups is 2. The van der Waals surface area contributed by atoms with Gasteiger partial charge in [-0.3, -0.25) is 5.32 Å². The molecule has 0 fully saturated rings. The van der Waals surface area contributed by atoms with E-state index in [9.17, 15) is 9.59 Å². The molecule has 1 amide bonds. The first kappa shape index (κ1) is 19.2. The SMILES string of the molecule is CCOC(=O)Nc1cc(C(=O)OC(C)(C)C)ncc1[Si](C)(C)C. The number of nitrogens with zero attached hydrogens (tertiary/aromatic N) is 1. The van der Waals surface area contributed by atoms with Crippen LogP contribution in [-0.4, -0.2) is 37.3 Å². The molecule has 23 heavy (non-hydrogen) atoms. The minimum absolute atomic E-state index is 0.161. The van der Waals surface area contributed by atoms with Crippen LogP contribution in [0.1, 0.15) is 38.2 Å². The van der Waals surface area contributed by atoms with Crippen molar-refractivity contribution in [3.05, 3.63) is 18.0 Å². The maximum Gasteiger partial charge on any atom is 0.411 e. The van der Waals surface area contributed by atoms with Gasteiger partial charge in [0.2, 0.25) is 0 Å². The molecule has 1 heterocycles. The Bertz CT molecular complexity index is 589. The first-order valence-electron chi connectivity index (χ1n) is 7.61. The van der Waals surface area contributed by atoms with Crippen molar-refractivity contribution in [2.45, 2.75) is 52.9 Å². The van der Waals surface area contributed by atoms with Crippen LogP contribution in [0.4, 0.5) is 10.5 Å². The average molecular weight is 338 g/mol. The van der Waals surface area contributed by atoms with Crippen molar-refractivity contribution in [2.75, 3.05) is 11.9 Å². The van der Waals surface area contributed by atoms with Gasteiger partial charge in [0.25, 0.3) is 0 Å². The molecule has 0 aliphatic rings. The van der Waals surface area contributed by atoms with E-state index in [0.717, 1.165) is 5.19 Å². The van der Waals surface area contributed by atoms with Gasteiger partial charge in [0.1, 0.15) is 11.3 Å². The molecule has 0 bridgehead atoms. The summed E-state index contributed by atoms with van der Waals surface area (Å²) in [4.78, 5) is 28.1. The molecule has 7 heteroatoms. The second kappa shape index (κ2) is 7.12. The maximum atomic E-state index is 12.2. The fourth-order valence-corrected chi connectivity index (χ4v) is 3.27. The van der Waals surface area contributed by atoms with Gasteiger partial charge in [-0.1, -0.05) is 19.6 Å². The molecule has 1 aromatic rings. The van der Waals surface area contributed by atoms with E-state index in [4.69, 9.17) is 9.47 Å². The summed E-state index contributed by atoms with van der Waals surface area (Å²) in [5.74, 6) is -0.522. The summed E-state index contributed by atoms with van der Waals surface area (Å²) in [7, 11) is -1.76. The summed E-state index contributed by atoms with van der Waals surface area (Å²) >= 11 is 0. The minimum atomic E-state index is -1.76. The molecule has 0 atom stereocenters. The smallest absolute Gasteiger partial charge is 0.411 e. The largest absolute Gasteiger partial charge is 0.455 e. The Morgan fingerprint density at radius 1 is 1.26 bits per heavy atom. The zero-order valence-corrected chi connectivity index (χ0v) is 15.9. The molecule has 1 N–H and O–H groups in total. The van der Waals surface area contributed by atoms with Gasteiger partial charge in [-0.2, -0.15) is 0 Å². The van der Waals surface area contributed by atoms with Gasteiger partial charge in [0.15, 0.2) is 0 Å². The molecule has 0 saturated heterocycles. The van der Waals surface area contributed by atoms with E-state index in [2.05, 4.69) is 29.9 Å². The topological polar surface area (TPSA) is 77.5 Å². The summed E-state index contributed by atoms with van der Waals surface area (Å²) < 4.78 is 10.2. The molecule has 0 spiro atoms. The Morgan fingerprint density at radius 2 is 1.87 bits per heavy atom. The minimum Gasteiger partial charge on any atom is -0.455 e. The summed E-state index contributed by atoms with van der Waals surface area (Å²) in [5.41, 5.74) is 0.109. The first-order valence-corrected chi connectivity index (χ1v) is 11.1. The Balaban J connectivity index is 3.19. The standard InChI is InChI=1S/C16H26N2O4Si/c1-8-21-15(20)18-11-9-12(14(19)22-16(2,3)4)17-10-13(11)23(5,6)7/h9-10H,8H2,1-7H3,(H,17,18,20). The van der Waals surface area contributed by atoms with Crippen LogP contribution >= 0.6 is 0 Å². The van der Waals surface area contributed by atoms with Crippen LogP contribution in [0.3, 0.4) is 0 Å². The van der Waals surface area contributed by atoms with Crippen molar-refractivity contribution in [3.8, 4) is 0 Å². The number of aromatic nitrogens is 1. The number of amides is 1. The molecule has 0 unspecified atom stereocenters. The van der Waals surface area contributed by atoms with Crippen molar-refractivity contribution >= 4 is 31.0 Å². The Kier molecular flexibility index (Phi) is 5.93. The van der Waals surface area contributed by atoms with Crippen LogP contribution in [0, 0.1) is 0 Å². The second-order valence-corrected chi connectivity index (χ2v) is 12.3. The highest BCUT2D eigenvalue weighted by Crippen LogP contribution is 2.16. The summed E-state index contributed by atoms with van der Waals surface area (Å²) in [6.07, 6.45) is 1.10. The second-order valence-electron chi connectivity index (χ2n) is 7.21. The van der Waals surface area contributed by atoms with Crippen LogP contribution < -0.4 is 10.5 Å². The van der Waals surface area contributed by atoms with Gasteiger partial charge in [-0.05, 0) is 38.9 Å². The van der Waals surface area contributed by atoms with Crippen molar-refractivity contribution in [2.24, 2.45) is 0 Å². The first-order chi connectivity index (χ1) is 10.4. The molecule has 0 radical (unpaired) electrons. The van der Waals surface area contributed by atoms with Gasteiger partial charge in [-0.15, -0.1) is 0 Å². The lowest BCUT2D eigenvalue weighted by molar-refractivity contribution is 0.00628. The quantitative estimate of drug-likeness (QED) is 0.674. The van der Waals surface area contributed by atoms with Gasteiger partial charge in [-0.25, -0.2) is 14.6 Å². The number of rotatable bonds is 4. The van der Waals surface area contributed by atoms with E-state index >= 15 is 0 Å². The van der Waals surface area contributed by atoms with Crippen molar-refractivity contribution in [1.82, 2.24) is 4.98 Å². The maximum absolute atomic E-state index is 12.2. The molecule has 128 valence electrons. The highest BCUT2D eigenvalue weighted by atomic mass is 28.3. The Hall–Kier alpha value is -1.89. The normalized spacial score (nSPS) is 11.8. The molecule has 0 aliphatic carbocycles. The molecule has 0 aliphatic heterocycles. The zero-order chi connectivity index (χ0) is 17.8. The number of hydrogen-bond donors (Lipinski definition) is 1. The number of esters is 1. The third-order valence-corrected chi connectivity index (χ3v) is 4.85. The summed E-state index contributed by atoms with van der Waals surface area (Å²) in [6, 6.07) is 1.55. The molecule has 6 nitrogen and oxygen atoms in total. The van der Waals surface area contributed by atoms with Crippen LogP contribution in [0.15, 0.2) is 12.3 Å². The predicted octanol–water partition coefficient (Wildman–Crippen LogP) is 3.15. The van der Waals surface area contributed by atoms with E-state index in [0.29, 0.717) is 5.69 Å². The van der Waals surface area contributed by atoms with E-state index < -0.39 is 25.7 Å². The lowest BCUT2D eigenvalue weighted by Crippen LogP contribution is -2.41. The van der Waals surface area contributed by atoms with Crippen molar-refractivity contribution in [3.63, 3.8) is 0 Å². The van der Waals surface area contributed by atoms with Gasteiger partial charge in [0.05, 0.1) is 14.7 Å². The van der Waals surface area contributed by atoms with Crippen LogP contribution in [0.2, 0.25) is 19.6 Å². The number of ether oxygens (including phenoxy) is 2. The third kappa shape index (κ3) is 6.01. The fourth-order valence-electron chi connectivity index (χ4n) is 1.88. The monoisotopic (exact) mass is 338 g/mol. The Morgan fingerprint density at radius 3 is 2.35 bits per heavy atom. The van der Waals surface area contributed by atoms with E-state index in [-0.39, 0.29) is 12.3 Å². The Labute approximate surface area is 138 Å². The van der Waals surface area contributed by atoms with Crippen molar-refractivity contribution < 1.29 is 19.1 Å². The molecule has 1 rings (SSSR count). The van der Waals surface area contributed by atoms with Crippen molar-refractivity contribution in [1.29, 1.82) is 0 Å². The average Bonchev–Trinajstić information content (AvgIpc) is 2.35. The zero-order valence-electron chi connectivity index (χ0n) is 14.9. The fraction of sp³-hybridized carbons (Fsp3) is 0.562. The number of carbonyl (C=O) groups excluding carboxylic acids is 2. The molecular formula is C16H26N2O4Si. The highest BCUT2D eigenvalue weighted by molar-refractivity contribution is 6.89. The predicted molar refractivity (Wildman–Crippen MR) is 93.0 cm³/mol. The van der Waals surface area contributed by atoms with E-state index in [1.165, 1.54) is 0 Å². The highest BCUT2D eigenvalue weighted by Gasteiger charge is 2.25. The molecular weight excluding hydrogens is 312 g/mol. The summed E-state index contributed by atoms with van der Waals surface area (Å²) in [6.45, 7) is 13.8. The van der Waals surface area contributed by atoms with Gasteiger partial charge < -0.3 is 9.47 Å². The van der Waals surface area contributed by atoms with Crippen LogP contribution in [0.25, 0.3) is 0 Å². The molecule has 0 aromatic carbocycles. The number of hydrogen-bond acceptors (Lipinski definition) is 5. The molecule has 0 saturated carbocycles. The lowest BCUT2D eigenvalue weighted by Gasteiger charge is -2.22. The van der Waals surface area contributed by atoms with Crippen LogP contribution in [-0.2, 0) is 9.47 Å². The van der Waals surface area contributed by atoms with Gasteiger partial charge >= 0.3 is 12.1 Å². The number of nitrogens with one attached hydrogen (secondary N) is 1. The lowest BCUT2D eigenvalue weighted by atomic mass is 10.2.